The first-order chi connectivity index (χ1) is 6.42. The minimum absolute atomic E-state index is 1.16. The summed E-state index contributed by atoms with van der Waals surface area (Å²) in [5, 5.41) is 0. The predicted octanol–water partition coefficient (Wildman–Crippen LogP) is 3.40. The second kappa shape index (κ2) is 3.73. The highest BCUT2D eigenvalue weighted by Crippen LogP contribution is 2.29. The van der Waals surface area contributed by atoms with Crippen LogP contribution < -0.4 is 0 Å². The molecule has 1 heterocycles. The number of aliphatic imine (C=N–C) groups is 1. The maximum absolute atomic E-state index is 4.36. The van der Waals surface area contributed by atoms with E-state index >= 15 is 0 Å². The van der Waals surface area contributed by atoms with Crippen molar-refractivity contribution >= 4 is 6.21 Å². The van der Waals surface area contributed by atoms with Crippen LogP contribution in [-0.2, 0) is 0 Å². The lowest BCUT2D eigenvalue weighted by atomic mass is 10.0. The van der Waals surface area contributed by atoms with E-state index in [1.807, 2.05) is 6.21 Å². The SMILES string of the molecule is CCCCCC1=C2C=CC=C2N=C1. The monoisotopic (exact) mass is 173 g/mol. The van der Waals surface area contributed by atoms with Crippen molar-refractivity contribution in [3.05, 3.63) is 35.1 Å². The topological polar surface area (TPSA) is 12.4 Å². The molecule has 1 nitrogen and oxygen atoms in total. The zero-order valence-electron chi connectivity index (χ0n) is 8.09. The minimum Gasteiger partial charge on any atom is -0.256 e. The molecule has 0 amide bonds. The van der Waals surface area contributed by atoms with Gasteiger partial charge in [0.1, 0.15) is 0 Å². The summed E-state index contributed by atoms with van der Waals surface area (Å²) in [5.41, 5.74) is 3.94. The van der Waals surface area contributed by atoms with Gasteiger partial charge in [0, 0.05) is 11.8 Å². The molecule has 13 heavy (non-hydrogen) atoms. The Morgan fingerprint density at radius 2 is 2.23 bits per heavy atom. The standard InChI is InChI=1S/C12H15N/c1-2-3-4-6-10-9-13-12-8-5-7-11(10)12/h5,7-9H,2-4,6H2,1H3. The van der Waals surface area contributed by atoms with Gasteiger partial charge in [0.25, 0.3) is 0 Å². The smallest absolute Gasteiger partial charge is 0.0705 e. The van der Waals surface area contributed by atoms with Crippen LogP contribution in [0, 0.1) is 0 Å². The van der Waals surface area contributed by atoms with Crippen molar-refractivity contribution in [3.8, 4) is 0 Å². The van der Waals surface area contributed by atoms with E-state index in [4.69, 9.17) is 0 Å². The molecular formula is C12H15N. The lowest BCUT2D eigenvalue weighted by molar-refractivity contribution is 0.723. The molecular weight excluding hydrogens is 158 g/mol. The van der Waals surface area contributed by atoms with Crippen LogP contribution in [0.25, 0.3) is 0 Å². The van der Waals surface area contributed by atoms with E-state index in [2.05, 4.69) is 30.1 Å². The lowest BCUT2D eigenvalue weighted by Gasteiger charge is -1.99. The fourth-order valence-corrected chi connectivity index (χ4v) is 1.78. The molecule has 2 aliphatic rings. The Hall–Kier alpha value is -1.11. The van der Waals surface area contributed by atoms with E-state index in [-0.39, 0.29) is 0 Å². The van der Waals surface area contributed by atoms with Gasteiger partial charge in [-0.15, -0.1) is 0 Å². The summed E-state index contributed by atoms with van der Waals surface area (Å²) in [6.07, 6.45) is 13.5. The van der Waals surface area contributed by atoms with Crippen LogP contribution >= 0.6 is 0 Å². The summed E-state index contributed by atoms with van der Waals surface area (Å²) in [5.74, 6) is 0. The van der Waals surface area contributed by atoms with Crippen molar-refractivity contribution in [2.75, 3.05) is 0 Å². The number of fused-ring (bicyclic) bond motifs is 1. The molecule has 68 valence electrons. The van der Waals surface area contributed by atoms with Gasteiger partial charge in [-0.3, -0.25) is 4.99 Å². The fraction of sp³-hybridized carbons (Fsp3) is 0.417. The molecule has 0 aromatic rings. The Morgan fingerprint density at radius 1 is 1.31 bits per heavy atom. The third-order valence-corrected chi connectivity index (χ3v) is 2.55. The Bertz CT molecular complexity index is 316. The summed E-state index contributed by atoms with van der Waals surface area (Å²) < 4.78 is 0. The molecule has 1 aliphatic heterocycles. The van der Waals surface area contributed by atoms with E-state index in [0.717, 1.165) is 5.70 Å². The highest BCUT2D eigenvalue weighted by atomic mass is 14.8. The zero-order valence-corrected chi connectivity index (χ0v) is 8.09. The molecule has 0 aromatic heterocycles. The maximum Gasteiger partial charge on any atom is 0.0705 e. The number of unbranched alkanes of at least 4 members (excludes halogenated alkanes) is 2. The van der Waals surface area contributed by atoms with Gasteiger partial charge >= 0.3 is 0 Å². The second-order valence-corrected chi connectivity index (χ2v) is 3.57. The first-order valence-corrected chi connectivity index (χ1v) is 5.08. The molecule has 1 aliphatic carbocycles. The normalized spacial score (nSPS) is 18.4. The summed E-state index contributed by atoms with van der Waals surface area (Å²) in [6.45, 7) is 2.24. The Kier molecular flexibility index (Phi) is 2.44. The predicted molar refractivity (Wildman–Crippen MR) is 56.9 cm³/mol. The Morgan fingerprint density at radius 3 is 3.08 bits per heavy atom. The van der Waals surface area contributed by atoms with Crippen LogP contribution in [-0.4, -0.2) is 6.21 Å². The first-order valence-electron chi connectivity index (χ1n) is 5.08. The largest absolute Gasteiger partial charge is 0.256 e. The molecule has 0 spiro atoms. The molecule has 0 saturated heterocycles. The Balaban J connectivity index is 1.99. The van der Waals surface area contributed by atoms with Crippen LogP contribution in [0.4, 0.5) is 0 Å². The quantitative estimate of drug-likeness (QED) is 0.578. The van der Waals surface area contributed by atoms with E-state index in [1.54, 1.807) is 0 Å². The number of hydrogen-bond donors (Lipinski definition) is 0. The zero-order chi connectivity index (χ0) is 9.10. The van der Waals surface area contributed by atoms with Crippen molar-refractivity contribution in [3.63, 3.8) is 0 Å². The second-order valence-electron chi connectivity index (χ2n) is 3.57. The van der Waals surface area contributed by atoms with Crippen molar-refractivity contribution in [1.82, 2.24) is 0 Å². The molecule has 0 N–H and O–H groups in total. The van der Waals surface area contributed by atoms with Crippen LogP contribution in [0.1, 0.15) is 32.6 Å². The van der Waals surface area contributed by atoms with Crippen molar-refractivity contribution in [2.24, 2.45) is 4.99 Å². The molecule has 0 atom stereocenters. The van der Waals surface area contributed by atoms with E-state index in [9.17, 15) is 0 Å². The molecule has 0 aromatic carbocycles. The van der Waals surface area contributed by atoms with Gasteiger partial charge in [-0.1, -0.05) is 31.9 Å². The van der Waals surface area contributed by atoms with Crippen molar-refractivity contribution in [2.45, 2.75) is 32.6 Å². The van der Waals surface area contributed by atoms with Crippen molar-refractivity contribution in [1.29, 1.82) is 0 Å². The Labute approximate surface area is 79.6 Å². The molecule has 2 rings (SSSR count). The highest BCUT2D eigenvalue weighted by Gasteiger charge is 2.14. The maximum atomic E-state index is 4.36. The van der Waals surface area contributed by atoms with Gasteiger partial charge < -0.3 is 0 Å². The highest BCUT2D eigenvalue weighted by molar-refractivity contribution is 5.88. The summed E-state index contributed by atoms with van der Waals surface area (Å²) >= 11 is 0. The van der Waals surface area contributed by atoms with Crippen molar-refractivity contribution < 1.29 is 0 Å². The third-order valence-electron chi connectivity index (χ3n) is 2.55. The van der Waals surface area contributed by atoms with Gasteiger partial charge in [-0.2, -0.15) is 0 Å². The molecule has 1 heteroatoms. The number of nitrogens with zero attached hydrogens (tertiary/aromatic N) is 1. The number of rotatable bonds is 4. The van der Waals surface area contributed by atoms with Crippen LogP contribution in [0.3, 0.4) is 0 Å². The first kappa shape index (κ1) is 8.49. The molecule has 0 radical (unpaired) electrons. The average molecular weight is 173 g/mol. The molecule has 0 fully saturated rings. The third kappa shape index (κ3) is 1.64. The van der Waals surface area contributed by atoms with E-state index < -0.39 is 0 Å². The minimum atomic E-state index is 1.16. The van der Waals surface area contributed by atoms with E-state index in [0.29, 0.717) is 0 Å². The molecule has 0 saturated carbocycles. The summed E-state index contributed by atoms with van der Waals surface area (Å²) in [7, 11) is 0. The molecule has 0 unspecified atom stereocenters. The van der Waals surface area contributed by atoms with Gasteiger partial charge in [0.15, 0.2) is 0 Å². The van der Waals surface area contributed by atoms with Crippen LogP contribution in [0.5, 0.6) is 0 Å². The van der Waals surface area contributed by atoms with Gasteiger partial charge in [0.05, 0.1) is 5.70 Å². The number of hydrogen-bond acceptors (Lipinski definition) is 1. The fourth-order valence-electron chi connectivity index (χ4n) is 1.78. The van der Waals surface area contributed by atoms with Crippen LogP contribution in [0.15, 0.2) is 40.1 Å². The summed E-state index contributed by atoms with van der Waals surface area (Å²) in [4.78, 5) is 4.36. The number of allylic oxidation sites excluding steroid dienone is 4. The van der Waals surface area contributed by atoms with Gasteiger partial charge in [-0.05, 0) is 24.5 Å². The molecule has 0 bridgehead atoms. The van der Waals surface area contributed by atoms with Gasteiger partial charge in [0.2, 0.25) is 0 Å². The van der Waals surface area contributed by atoms with Gasteiger partial charge in [-0.25, -0.2) is 0 Å². The summed E-state index contributed by atoms with van der Waals surface area (Å²) in [6, 6.07) is 0. The lowest BCUT2D eigenvalue weighted by Crippen LogP contribution is -1.85. The average Bonchev–Trinajstić information content (AvgIpc) is 2.68. The van der Waals surface area contributed by atoms with Crippen LogP contribution in [0.2, 0.25) is 0 Å². The van der Waals surface area contributed by atoms with E-state index in [1.165, 1.54) is 36.8 Å².